The molecule has 9 heteroatoms. The van der Waals surface area contributed by atoms with E-state index in [0.717, 1.165) is 15.4 Å². The molecule has 0 bridgehead atoms. The number of aryl methyl sites for hydroxylation is 1. The summed E-state index contributed by atoms with van der Waals surface area (Å²) >= 11 is 3.46. The number of hydrogen-bond acceptors (Lipinski definition) is 7. The summed E-state index contributed by atoms with van der Waals surface area (Å²) in [6.45, 7) is 0. The topological polar surface area (TPSA) is 108 Å². The number of hydrazone groups is 1. The number of benzene rings is 2. The number of anilines is 1. The van der Waals surface area contributed by atoms with Gasteiger partial charge in [-0.3, -0.25) is 0 Å². The highest BCUT2D eigenvalue weighted by Crippen LogP contribution is 2.28. The molecule has 4 aromatic rings. The predicted molar refractivity (Wildman–Crippen MR) is 102 cm³/mol. The van der Waals surface area contributed by atoms with E-state index in [-0.39, 0.29) is 17.4 Å². The number of nitrogens with one attached hydrogen (secondary N) is 1. The first kappa shape index (κ1) is 16.3. The zero-order chi connectivity index (χ0) is 18.3. The van der Waals surface area contributed by atoms with Gasteiger partial charge in [-0.2, -0.15) is 10.1 Å². The SMILES string of the molecule is Cn1c2ccc(Br)cc2c2nnc(N/N=C\c3cc(O)ccc3O)nc21. The second-order valence-electron chi connectivity index (χ2n) is 5.64. The highest BCUT2D eigenvalue weighted by molar-refractivity contribution is 9.10. The Balaban J connectivity index is 1.67. The molecule has 0 aliphatic heterocycles. The van der Waals surface area contributed by atoms with Crippen LogP contribution >= 0.6 is 15.9 Å². The van der Waals surface area contributed by atoms with E-state index in [1.807, 2.05) is 29.8 Å². The molecule has 0 spiro atoms. The Morgan fingerprint density at radius 2 is 2.00 bits per heavy atom. The second-order valence-corrected chi connectivity index (χ2v) is 6.56. The Labute approximate surface area is 155 Å². The van der Waals surface area contributed by atoms with E-state index in [9.17, 15) is 10.2 Å². The van der Waals surface area contributed by atoms with Gasteiger partial charge in [-0.05, 0) is 36.4 Å². The summed E-state index contributed by atoms with van der Waals surface area (Å²) in [5.74, 6) is 0.255. The van der Waals surface area contributed by atoms with Gasteiger partial charge in [0.05, 0.1) is 11.7 Å². The summed E-state index contributed by atoms with van der Waals surface area (Å²) in [5.41, 5.74) is 5.41. The van der Waals surface area contributed by atoms with Crippen LogP contribution < -0.4 is 5.43 Å². The van der Waals surface area contributed by atoms with Crippen molar-refractivity contribution in [1.82, 2.24) is 19.7 Å². The Kier molecular flexibility index (Phi) is 3.92. The molecule has 0 amide bonds. The van der Waals surface area contributed by atoms with Gasteiger partial charge in [0.2, 0.25) is 0 Å². The van der Waals surface area contributed by atoms with Crippen LogP contribution in [0.5, 0.6) is 11.5 Å². The number of hydrogen-bond donors (Lipinski definition) is 3. The first-order chi connectivity index (χ1) is 12.5. The Hall–Kier alpha value is -3.20. The van der Waals surface area contributed by atoms with Crippen molar-refractivity contribution in [2.75, 3.05) is 5.43 Å². The Bertz CT molecular complexity index is 1170. The van der Waals surface area contributed by atoms with Gasteiger partial charge in [0.15, 0.2) is 5.65 Å². The molecular formula is C17H13BrN6O2. The summed E-state index contributed by atoms with van der Waals surface area (Å²) in [6, 6.07) is 10.1. The molecule has 0 aliphatic rings. The average molecular weight is 413 g/mol. The fraction of sp³-hybridized carbons (Fsp3) is 0.0588. The van der Waals surface area contributed by atoms with Crippen molar-refractivity contribution in [3.63, 3.8) is 0 Å². The van der Waals surface area contributed by atoms with Crippen LogP contribution in [0.2, 0.25) is 0 Å². The summed E-state index contributed by atoms with van der Waals surface area (Å²) in [6.07, 6.45) is 1.36. The van der Waals surface area contributed by atoms with Gasteiger partial charge in [-0.1, -0.05) is 15.9 Å². The number of fused-ring (bicyclic) bond motifs is 3. The fourth-order valence-electron chi connectivity index (χ4n) is 2.68. The van der Waals surface area contributed by atoms with E-state index < -0.39 is 0 Å². The van der Waals surface area contributed by atoms with Crippen molar-refractivity contribution in [2.45, 2.75) is 0 Å². The van der Waals surface area contributed by atoms with Gasteiger partial charge in [-0.25, -0.2) is 5.43 Å². The maximum Gasteiger partial charge on any atom is 0.265 e. The number of phenolic OH excluding ortho intramolecular Hbond substituents is 2. The Morgan fingerprint density at radius 1 is 1.15 bits per heavy atom. The molecule has 26 heavy (non-hydrogen) atoms. The molecule has 4 rings (SSSR count). The van der Waals surface area contributed by atoms with Gasteiger partial charge in [0.25, 0.3) is 5.95 Å². The molecule has 0 aliphatic carbocycles. The molecule has 0 saturated heterocycles. The third-order valence-electron chi connectivity index (χ3n) is 3.94. The summed E-state index contributed by atoms with van der Waals surface area (Å²) < 4.78 is 2.89. The van der Waals surface area contributed by atoms with Crippen molar-refractivity contribution < 1.29 is 10.2 Å². The van der Waals surface area contributed by atoms with Crippen LogP contribution in [0.4, 0.5) is 5.95 Å². The lowest BCUT2D eigenvalue weighted by atomic mass is 10.2. The third kappa shape index (κ3) is 2.82. The van der Waals surface area contributed by atoms with Gasteiger partial charge in [0, 0.05) is 22.5 Å². The lowest BCUT2D eigenvalue weighted by Crippen LogP contribution is -2.00. The predicted octanol–water partition coefficient (Wildman–Crippen LogP) is 3.14. The zero-order valence-electron chi connectivity index (χ0n) is 13.5. The van der Waals surface area contributed by atoms with Gasteiger partial charge in [0.1, 0.15) is 17.0 Å². The van der Waals surface area contributed by atoms with E-state index in [4.69, 9.17) is 0 Å². The molecule has 0 radical (unpaired) electrons. The molecule has 0 fully saturated rings. The third-order valence-corrected chi connectivity index (χ3v) is 4.43. The van der Waals surface area contributed by atoms with Crippen LogP contribution in [0.3, 0.4) is 0 Å². The van der Waals surface area contributed by atoms with Crippen LogP contribution in [-0.4, -0.2) is 36.2 Å². The number of aromatic nitrogens is 4. The second kappa shape index (κ2) is 6.26. The van der Waals surface area contributed by atoms with E-state index in [0.29, 0.717) is 16.7 Å². The normalized spacial score (nSPS) is 11.6. The number of halogens is 1. The lowest BCUT2D eigenvalue weighted by molar-refractivity contribution is 0.459. The van der Waals surface area contributed by atoms with Crippen LogP contribution in [0.25, 0.3) is 22.1 Å². The standard InChI is InChI=1S/C17H13BrN6O2/c1-24-13-4-2-10(18)7-12(13)15-16(24)20-17(23-21-15)22-19-8-9-6-11(25)3-5-14(9)26/h2-8,25-26H,1H3,(H,20,22,23)/b19-8-. The van der Waals surface area contributed by atoms with Crippen LogP contribution in [0, 0.1) is 0 Å². The average Bonchev–Trinajstić information content (AvgIpc) is 2.90. The molecule has 8 nitrogen and oxygen atoms in total. The van der Waals surface area contributed by atoms with Crippen molar-refractivity contribution in [1.29, 1.82) is 0 Å². The smallest absolute Gasteiger partial charge is 0.265 e. The van der Waals surface area contributed by atoms with E-state index in [1.54, 1.807) is 0 Å². The number of nitrogens with zero attached hydrogens (tertiary/aromatic N) is 5. The highest BCUT2D eigenvalue weighted by atomic mass is 79.9. The first-order valence-electron chi connectivity index (χ1n) is 7.62. The van der Waals surface area contributed by atoms with Crippen molar-refractivity contribution >= 4 is 50.2 Å². The summed E-state index contributed by atoms with van der Waals surface area (Å²) in [7, 11) is 1.91. The maximum atomic E-state index is 9.73. The number of rotatable bonds is 3. The van der Waals surface area contributed by atoms with Gasteiger partial charge < -0.3 is 14.8 Å². The van der Waals surface area contributed by atoms with Crippen molar-refractivity contribution in [3.8, 4) is 11.5 Å². The molecule has 0 atom stereocenters. The van der Waals surface area contributed by atoms with Crippen molar-refractivity contribution in [2.24, 2.45) is 12.1 Å². The Morgan fingerprint density at radius 3 is 2.85 bits per heavy atom. The zero-order valence-corrected chi connectivity index (χ0v) is 15.1. The minimum atomic E-state index is 0.00195. The molecule has 130 valence electrons. The monoisotopic (exact) mass is 412 g/mol. The minimum Gasteiger partial charge on any atom is -0.508 e. The quantitative estimate of drug-likeness (QED) is 0.271. The van der Waals surface area contributed by atoms with Crippen LogP contribution in [0.1, 0.15) is 5.56 Å². The van der Waals surface area contributed by atoms with E-state index in [2.05, 4.69) is 41.6 Å². The molecular weight excluding hydrogens is 400 g/mol. The molecule has 2 heterocycles. The number of phenols is 2. The first-order valence-corrected chi connectivity index (χ1v) is 8.41. The van der Waals surface area contributed by atoms with Crippen LogP contribution in [-0.2, 0) is 7.05 Å². The molecule has 0 saturated carbocycles. The van der Waals surface area contributed by atoms with E-state index >= 15 is 0 Å². The van der Waals surface area contributed by atoms with E-state index in [1.165, 1.54) is 24.4 Å². The van der Waals surface area contributed by atoms with Crippen molar-refractivity contribution in [3.05, 3.63) is 46.4 Å². The van der Waals surface area contributed by atoms with Crippen LogP contribution in [0.15, 0.2) is 46.0 Å². The summed E-state index contributed by atoms with van der Waals surface area (Å²) in [5, 5.41) is 32.4. The van der Waals surface area contributed by atoms with Gasteiger partial charge in [-0.15, -0.1) is 10.2 Å². The highest BCUT2D eigenvalue weighted by Gasteiger charge is 2.12. The lowest BCUT2D eigenvalue weighted by Gasteiger charge is -2.01. The molecule has 0 unspecified atom stereocenters. The minimum absolute atomic E-state index is 0.00195. The molecule has 3 N–H and O–H groups in total. The summed E-state index contributed by atoms with van der Waals surface area (Å²) in [4.78, 5) is 4.45. The molecule has 2 aromatic carbocycles. The molecule has 2 aromatic heterocycles. The van der Waals surface area contributed by atoms with Gasteiger partial charge >= 0.3 is 0 Å². The maximum absolute atomic E-state index is 9.73. The fourth-order valence-corrected chi connectivity index (χ4v) is 3.04. The number of aromatic hydroxyl groups is 2. The largest absolute Gasteiger partial charge is 0.508 e.